The van der Waals surface area contributed by atoms with Gasteiger partial charge in [-0.05, 0) is 44.0 Å². The number of hydrogen-bond acceptors (Lipinski definition) is 12. The zero-order valence-corrected chi connectivity index (χ0v) is 26.5. The van der Waals surface area contributed by atoms with Gasteiger partial charge in [-0.3, -0.25) is 4.90 Å². The second kappa shape index (κ2) is 22.0. The van der Waals surface area contributed by atoms with Crippen LogP contribution in [0.1, 0.15) is 48.6 Å². The first kappa shape index (κ1) is 36.6. The summed E-state index contributed by atoms with van der Waals surface area (Å²) in [7, 11) is 3.75. The molecule has 0 bridgehead atoms. The van der Waals surface area contributed by atoms with E-state index in [1.807, 2.05) is 6.92 Å². The number of likely N-dealkylation sites (N-methyl/N-ethyl adjacent to an activating group) is 1. The van der Waals surface area contributed by atoms with Crippen LogP contribution in [0.4, 0.5) is 11.8 Å². The summed E-state index contributed by atoms with van der Waals surface area (Å²) < 4.78 is 27.5. The molecule has 0 saturated carbocycles. The maximum Gasteiger partial charge on any atom is 0.222 e. The van der Waals surface area contributed by atoms with Gasteiger partial charge in [0.15, 0.2) is 0 Å². The Morgan fingerprint density at radius 3 is 2.16 bits per heavy atom. The van der Waals surface area contributed by atoms with Crippen molar-refractivity contribution < 1.29 is 33.9 Å². The quantitative estimate of drug-likeness (QED) is 0.123. The first-order valence-electron chi connectivity index (χ1n) is 15.2. The van der Waals surface area contributed by atoms with Crippen molar-refractivity contribution in [1.82, 2.24) is 14.9 Å². The molecular formula is C31H53N5O7. The third-order valence-corrected chi connectivity index (χ3v) is 6.83. The molecule has 0 fully saturated rings. The minimum atomic E-state index is 0.0235. The molecule has 1 heterocycles. The lowest BCUT2D eigenvalue weighted by molar-refractivity contribution is -0.00687. The first-order chi connectivity index (χ1) is 20.9. The molecule has 43 heavy (non-hydrogen) atoms. The molecule has 244 valence electrons. The number of aliphatic hydroxyl groups is 2. The van der Waals surface area contributed by atoms with Gasteiger partial charge in [-0.2, -0.15) is 4.98 Å². The first-order valence-corrected chi connectivity index (χ1v) is 15.2. The zero-order chi connectivity index (χ0) is 31.3. The normalized spacial score (nSPS) is 12.2. The Morgan fingerprint density at radius 1 is 0.907 bits per heavy atom. The molecule has 0 radical (unpaired) electrons. The monoisotopic (exact) mass is 607 g/mol. The Morgan fingerprint density at radius 2 is 1.56 bits per heavy atom. The average Bonchev–Trinajstić information content (AvgIpc) is 2.98. The molecule has 0 aliphatic carbocycles. The fraction of sp³-hybridized carbons (Fsp3) is 0.677. The van der Waals surface area contributed by atoms with Gasteiger partial charge in [0, 0.05) is 43.4 Å². The Labute approximate surface area is 256 Å². The number of hydrogen-bond donors (Lipinski definition) is 4. The number of aromatic nitrogens is 2. The van der Waals surface area contributed by atoms with Crippen LogP contribution in [-0.2, 0) is 31.9 Å². The van der Waals surface area contributed by atoms with Crippen molar-refractivity contribution >= 4 is 11.8 Å². The second-order valence-corrected chi connectivity index (χ2v) is 10.4. The second-order valence-electron chi connectivity index (χ2n) is 10.4. The summed E-state index contributed by atoms with van der Waals surface area (Å²) in [5.74, 6) is 1.75. The van der Waals surface area contributed by atoms with Crippen LogP contribution < -0.4 is 15.8 Å². The number of nitrogens with one attached hydrogen (secondary N) is 1. The maximum absolute atomic E-state index is 9.51. The highest BCUT2D eigenvalue weighted by Crippen LogP contribution is 2.28. The van der Waals surface area contributed by atoms with Crippen LogP contribution in [-0.4, -0.2) is 118 Å². The van der Waals surface area contributed by atoms with Gasteiger partial charge in [0.05, 0.1) is 66.6 Å². The van der Waals surface area contributed by atoms with Crippen LogP contribution in [0.3, 0.4) is 0 Å². The predicted octanol–water partition coefficient (Wildman–Crippen LogP) is 2.42. The number of nitrogen functional groups attached to an aromatic ring is 1. The molecule has 0 aliphatic rings. The van der Waals surface area contributed by atoms with Crippen LogP contribution in [0.5, 0.6) is 5.75 Å². The number of anilines is 2. The summed E-state index contributed by atoms with van der Waals surface area (Å²) >= 11 is 0. The van der Waals surface area contributed by atoms with Gasteiger partial charge in [0.2, 0.25) is 5.95 Å². The van der Waals surface area contributed by atoms with E-state index in [0.29, 0.717) is 71.5 Å². The number of benzene rings is 1. The maximum atomic E-state index is 9.51. The predicted molar refractivity (Wildman–Crippen MR) is 168 cm³/mol. The Bertz CT molecular complexity index is 1020. The Hall–Kier alpha value is -2.58. The van der Waals surface area contributed by atoms with Crippen molar-refractivity contribution in [2.45, 2.75) is 52.1 Å². The molecule has 1 atom stereocenters. The van der Waals surface area contributed by atoms with Gasteiger partial charge >= 0.3 is 0 Å². The van der Waals surface area contributed by atoms with Gasteiger partial charge in [-0.15, -0.1) is 0 Å². The van der Waals surface area contributed by atoms with Crippen molar-refractivity contribution in [3.63, 3.8) is 0 Å². The number of rotatable bonds is 25. The third-order valence-electron chi connectivity index (χ3n) is 6.83. The highest BCUT2D eigenvalue weighted by atomic mass is 16.6. The van der Waals surface area contributed by atoms with E-state index in [9.17, 15) is 5.11 Å². The molecule has 1 aromatic heterocycles. The Kier molecular flexibility index (Phi) is 18.7. The molecule has 0 amide bonds. The van der Waals surface area contributed by atoms with Gasteiger partial charge in [0.1, 0.15) is 11.6 Å². The van der Waals surface area contributed by atoms with Crippen LogP contribution in [0.15, 0.2) is 18.2 Å². The van der Waals surface area contributed by atoms with Gasteiger partial charge in [-0.1, -0.05) is 25.5 Å². The number of nitrogens with zero attached hydrogens (tertiary/aromatic N) is 3. The van der Waals surface area contributed by atoms with E-state index in [1.54, 1.807) is 7.11 Å². The molecular weight excluding hydrogens is 554 g/mol. The number of nitrogens with two attached hydrogens (primary N) is 1. The largest absolute Gasteiger partial charge is 0.496 e. The van der Waals surface area contributed by atoms with Crippen molar-refractivity contribution in [1.29, 1.82) is 0 Å². The minimum absolute atomic E-state index is 0.0235. The Balaban J connectivity index is 1.82. The topological polar surface area (TPSA) is 154 Å². The highest BCUT2D eigenvalue weighted by molar-refractivity contribution is 5.53. The van der Waals surface area contributed by atoms with Crippen molar-refractivity contribution in [2.75, 3.05) is 97.8 Å². The fourth-order valence-corrected chi connectivity index (χ4v) is 4.60. The average molecular weight is 608 g/mol. The fourth-order valence-electron chi connectivity index (χ4n) is 4.60. The molecule has 5 N–H and O–H groups in total. The van der Waals surface area contributed by atoms with Crippen molar-refractivity contribution in [3.8, 4) is 5.75 Å². The molecule has 0 unspecified atom stereocenters. The van der Waals surface area contributed by atoms with E-state index in [0.717, 1.165) is 54.1 Å². The molecule has 0 spiro atoms. The van der Waals surface area contributed by atoms with Crippen molar-refractivity contribution in [2.24, 2.45) is 0 Å². The molecule has 2 aromatic rings. The van der Waals surface area contributed by atoms with E-state index >= 15 is 0 Å². The summed E-state index contributed by atoms with van der Waals surface area (Å²) in [6.45, 7) is 9.69. The third kappa shape index (κ3) is 14.6. The van der Waals surface area contributed by atoms with Gasteiger partial charge < -0.3 is 44.9 Å². The van der Waals surface area contributed by atoms with Crippen LogP contribution in [0, 0.1) is 6.92 Å². The lowest BCUT2D eigenvalue weighted by Crippen LogP contribution is -2.24. The van der Waals surface area contributed by atoms with E-state index in [1.165, 1.54) is 0 Å². The minimum Gasteiger partial charge on any atom is -0.496 e. The lowest BCUT2D eigenvalue weighted by Gasteiger charge is -2.22. The summed E-state index contributed by atoms with van der Waals surface area (Å²) in [5.41, 5.74) is 9.96. The smallest absolute Gasteiger partial charge is 0.222 e. The van der Waals surface area contributed by atoms with E-state index < -0.39 is 0 Å². The van der Waals surface area contributed by atoms with Crippen molar-refractivity contribution in [3.05, 3.63) is 40.6 Å². The number of ether oxygens (including phenoxy) is 5. The zero-order valence-electron chi connectivity index (χ0n) is 26.5. The molecule has 12 nitrogen and oxygen atoms in total. The standard InChI is InChI=1S/C31H53N5O7/c1-5-6-27(9-11-37)34-30-28(24(2)33-31(32)35-30)22-26-8-7-25(21-29(26)39-4)23-36(3)10-13-40-15-17-42-19-20-43-18-16-41-14-12-38/h7-8,21,27,37-38H,5-6,9-20,22-23H2,1-4H3,(H3,32,33,34,35)/t27-/m0/s1. The number of aryl methyl sites for hydroxylation is 1. The highest BCUT2D eigenvalue weighted by Gasteiger charge is 2.17. The van der Waals surface area contributed by atoms with Crippen LogP contribution >= 0.6 is 0 Å². The summed E-state index contributed by atoms with van der Waals surface area (Å²) in [5, 5.41) is 21.7. The van der Waals surface area contributed by atoms with Crippen LogP contribution in [0.2, 0.25) is 0 Å². The molecule has 12 heteroatoms. The summed E-state index contributed by atoms with van der Waals surface area (Å²) in [4.78, 5) is 11.1. The number of aliphatic hydroxyl groups excluding tert-OH is 2. The van der Waals surface area contributed by atoms with Gasteiger partial charge in [-0.25, -0.2) is 4.98 Å². The molecule has 2 rings (SSSR count). The summed E-state index contributed by atoms with van der Waals surface area (Å²) in [6.07, 6.45) is 3.15. The summed E-state index contributed by atoms with van der Waals surface area (Å²) in [6, 6.07) is 6.40. The molecule has 0 aliphatic heterocycles. The number of methoxy groups -OCH3 is 1. The lowest BCUT2D eigenvalue weighted by atomic mass is 10.0. The van der Waals surface area contributed by atoms with Gasteiger partial charge in [0.25, 0.3) is 0 Å². The molecule has 1 aromatic carbocycles. The SMILES string of the molecule is CCC[C@@H](CCO)Nc1nc(N)nc(C)c1Cc1ccc(CN(C)CCOCCOCCOCCOCCO)cc1OC. The van der Waals surface area contributed by atoms with Crippen LogP contribution in [0.25, 0.3) is 0 Å². The van der Waals surface area contributed by atoms with E-state index in [-0.39, 0.29) is 25.2 Å². The van der Waals surface area contributed by atoms with E-state index in [4.69, 9.17) is 34.5 Å². The van der Waals surface area contributed by atoms with E-state index in [2.05, 4.69) is 52.4 Å². The molecule has 0 saturated heterocycles.